The molecule has 0 unspecified atom stereocenters. The second-order valence-corrected chi connectivity index (χ2v) is 2.65. The standard InChI is InChI=1S/C6H9IN4/c7-11-5-4-10-6-8-2-1-3-9-6/h1-3,11H,4-5H2,(H,8,9,10). The van der Waals surface area contributed by atoms with E-state index in [1.165, 1.54) is 0 Å². The molecule has 0 aliphatic heterocycles. The van der Waals surface area contributed by atoms with Gasteiger partial charge in [0.2, 0.25) is 5.95 Å². The van der Waals surface area contributed by atoms with Crippen molar-refractivity contribution in [3.8, 4) is 0 Å². The topological polar surface area (TPSA) is 49.8 Å². The molecule has 0 saturated heterocycles. The fourth-order valence-electron chi connectivity index (χ4n) is 0.612. The van der Waals surface area contributed by atoms with Crippen molar-refractivity contribution in [2.75, 3.05) is 18.4 Å². The lowest BCUT2D eigenvalue weighted by Gasteiger charge is -2.00. The van der Waals surface area contributed by atoms with E-state index in [4.69, 9.17) is 0 Å². The molecule has 2 N–H and O–H groups in total. The summed E-state index contributed by atoms with van der Waals surface area (Å²) in [7, 11) is 0. The minimum Gasteiger partial charge on any atom is -0.353 e. The van der Waals surface area contributed by atoms with Crippen LogP contribution in [0.4, 0.5) is 5.95 Å². The quantitative estimate of drug-likeness (QED) is 0.480. The molecule has 0 aliphatic rings. The first-order valence-electron chi connectivity index (χ1n) is 3.28. The van der Waals surface area contributed by atoms with E-state index >= 15 is 0 Å². The molecule has 0 aromatic carbocycles. The van der Waals surface area contributed by atoms with Crippen LogP contribution >= 0.6 is 22.9 Å². The lowest BCUT2D eigenvalue weighted by molar-refractivity contribution is 0.958. The monoisotopic (exact) mass is 264 g/mol. The van der Waals surface area contributed by atoms with Crippen LogP contribution in [0.1, 0.15) is 0 Å². The largest absolute Gasteiger partial charge is 0.353 e. The van der Waals surface area contributed by atoms with Crippen molar-refractivity contribution in [3.63, 3.8) is 0 Å². The molecule has 0 aliphatic carbocycles. The molecule has 11 heavy (non-hydrogen) atoms. The van der Waals surface area contributed by atoms with Gasteiger partial charge in [-0.25, -0.2) is 9.97 Å². The highest BCUT2D eigenvalue weighted by Crippen LogP contribution is 1.91. The van der Waals surface area contributed by atoms with Gasteiger partial charge in [0.15, 0.2) is 0 Å². The maximum atomic E-state index is 4.00. The van der Waals surface area contributed by atoms with Crippen molar-refractivity contribution in [1.82, 2.24) is 13.5 Å². The van der Waals surface area contributed by atoms with Crippen LogP contribution in [0.15, 0.2) is 18.5 Å². The third-order valence-corrected chi connectivity index (χ3v) is 1.61. The molecule has 0 atom stereocenters. The van der Waals surface area contributed by atoms with Gasteiger partial charge >= 0.3 is 0 Å². The molecular formula is C6H9IN4. The van der Waals surface area contributed by atoms with Crippen molar-refractivity contribution in [1.29, 1.82) is 0 Å². The summed E-state index contributed by atoms with van der Waals surface area (Å²) in [6.45, 7) is 1.74. The molecule has 0 fully saturated rings. The molecule has 1 heterocycles. The summed E-state index contributed by atoms with van der Waals surface area (Å²) in [5.41, 5.74) is 0. The number of hydrogen-bond donors (Lipinski definition) is 2. The van der Waals surface area contributed by atoms with E-state index in [9.17, 15) is 0 Å². The van der Waals surface area contributed by atoms with Gasteiger partial charge in [-0.3, -0.25) is 3.53 Å². The van der Waals surface area contributed by atoms with Crippen molar-refractivity contribution in [2.45, 2.75) is 0 Å². The summed E-state index contributed by atoms with van der Waals surface area (Å²) < 4.78 is 2.99. The minimum absolute atomic E-state index is 0.680. The molecule has 0 amide bonds. The van der Waals surface area contributed by atoms with Crippen LogP contribution in [0.5, 0.6) is 0 Å². The molecule has 0 bridgehead atoms. The first kappa shape index (κ1) is 8.66. The molecule has 0 radical (unpaired) electrons. The Hall–Kier alpha value is -0.430. The predicted octanol–water partition coefficient (Wildman–Crippen LogP) is 0.828. The zero-order valence-electron chi connectivity index (χ0n) is 5.92. The van der Waals surface area contributed by atoms with Crippen LogP contribution in [-0.4, -0.2) is 23.1 Å². The molecule has 5 heteroatoms. The fraction of sp³-hybridized carbons (Fsp3) is 0.333. The van der Waals surface area contributed by atoms with E-state index < -0.39 is 0 Å². The molecule has 1 aromatic heterocycles. The van der Waals surface area contributed by atoms with E-state index in [0.29, 0.717) is 5.95 Å². The maximum Gasteiger partial charge on any atom is 0.222 e. The van der Waals surface area contributed by atoms with E-state index in [-0.39, 0.29) is 0 Å². The third kappa shape index (κ3) is 3.47. The first-order chi connectivity index (χ1) is 5.43. The summed E-state index contributed by atoms with van der Waals surface area (Å²) in [6.07, 6.45) is 3.43. The number of anilines is 1. The average Bonchev–Trinajstić information content (AvgIpc) is 2.07. The zero-order valence-corrected chi connectivity index (χ0v) is 8.08. The number of rotatable bonds is 4. The molecule has 60 valence electrons. The third-order valence-electron chi connectivity index (χ3n) is 1.07. The van der Waals surface area contributed by atoms with Gasteiger partial charge in [-0.1, -0.05) is 0 Å². The highest BCUT2D eigenvalue weighted by atomic mass is 127. The van der Waals surface area contributed by atoms with Crippen molar-refractivity contribution in [3.05, 3.63) is 18.5 Å². The number of nitrogens with one attached hydrogen (secondary N) is 2. The second-order valence-electron chi connectivity index (χ2n) is 1.88. The lowest BCUT2D eigenvalue weighted by atomic mass is 10.6. The molecule has 0 saturated carbocycles. The summed E-state index contributed by atoms with van der Waals surface area (Å²) in [5.74, 6) is 0.680. The Morgan fingerprint density at radius 2 is 2.00 bits per heavy atom. The van der Waals surface area contributed by atoms with E-state index in [2.05, 4.69) is 41.7 Å². The van der Waals surface area contributed by atoms with Crippen LogP contribution in [0.25, 0.3) is 0 Å². The SMILES string of the molecule is INCCNc1ncccn1. The minimum atomic E-state index is 0.680. The summed E-state index contributed by atoms with van der Waals surface area (Å²) in [4.78, 5) is 8.00. The van der Waals surface area contributed by atoms with Crippen molar-refractivity contribution >= 4 is 28.8 Å². The predicted molar refractivity (Wildman–Crippen MR) is 52.5 cm³/mol. The zero-order chi connectivity index (χ0) is 7.94. The Bertz CT molecular complexity index is 191. The average molecular weight is 264 g/mol. The van der Waals surface area contributed by atoms with Gasteiger partial charge in [-0.2, -0.15) is 0 Å². The van der Waals surface area contributed by atoms with Crippen LogP contribution in [-0.2, 0) is 0 Å². The van der Waals surface area contributed by atoms with Crippen LogP contribution in [0.3, 0.4) is 0 Å². The van der Waals surface area contributed by atoms with Crippen LogP contribution < -0.4 is 8.85 Å². The van der Waals surface area contributed by atoms with Crippen molar-refractivity contribution < 1.29 is 0 Å². The highest BCUT2D eigenvalue weighted by Gasteiger charge is 1.89. The number of nitrogens with zero attached hydrogens (tertiary/aromatic N) is 2. The van der Waals surface area contributed by atoms with E-state index in [0.717, 1.165) is 13.1 Å². The van der Waals surface area contributed by atoms with Gasteiger partial charge in [0.1, 0.15) is 0 Å². The van der Waals surface area contributed by atoms with E-state index in [1.807, 2.05) is 0 Å². The Balaban J connectivity index is 2.28. The van der Waals surface area contributed by atoms with Gasteiger partial charge < -0.3 is 5.32 Å². The van der Waals surface area contributed by atoms with Gasteiger partial charge in [0.05, 0.1) is 0 Å². The maximum absolute atomic E-state index is 4.00. The van der Waals surface area contributed by atoms with Crippen LogP contribution in [0, 0.1) is 0 Å². The highest BCUT2D eigenvalue weighted by molar-refractivity contribution is 14.1. The molecule has 1 rings (SSSR count). The molecule has 0 spiro atoms. The number of hydrogen-bond acceptors (Lipinski definition) is 4. The number of aromatic nitrogens is 2. The lowest BCUT2D eigenvalue weighted by Crippen LogP contribution is -2.14. The summed E-state index contributed by atoms with van der Waals surface area (Å²) in [6, 6.07) is 1.79. The van der Waals surface area contributed by atoms with Crippen LogP contribution in [0.2, 0.25) is 0 Å². The smallest absolute Gasteiger partial charge is 0.222 e. The molecule has 1 aromatic rings. The van der Waals surface area contributed by atoms with Gasteiger partial charge in [0.25, 0.3) is 0 Å². The Morgan fingerprint density at radius 3 is 2.64 bits per heavy atom. The molecule has 4 nitrogen and oxygen atoms in total. The van der Waals surface area contributed by atoms with E-state index in [1.54, 1.807) is 18.5 Å². The Morgan fingerprint density at radius 1 is 1.27 bits per heavy atom. The normalized spacial score (nSPS) is 9.55. The van der Waals surface area contributed by atoms with Gasteiger partial charge in [0, 0.05) is 48.3 Å². The van der Waals surface area contributed by atoms with Gasteiger partial charge in [-0.05, 0) is 6.07 Å². The number of halogens is 1. The fourth-order valence-corrected chi connectivity index (χ4v) is 0.882. The second kappa shape index (κ2) is 5.25. The van der Waals surface area contributed by atoms with Gasteiger partial charge in [-0.15, -0.1) is 0 Å². The van der Waals surface area contributed by atoms with Crippen molar-refractivity contribution in [2.24, 2.45) is 0 Å². The Kier molecular flexibility index (Phi) is 4.14. The summed E-state index contributed by atoms with van der Waals surface area (Å²) in [5, 5.41) is 3.06. The first-order valence-corrected chi connectivity index (χ1v) is 4.36. The summed E-state index contributed by atoms with van der Waals surface area (Å²) >= 11 is 2.10. The Labute approximate surface area is 79.3 Å². The molecular weight excluding hydrogens is 255 g/mol.